The van der Waals surface area contributed by atoms with Gasteiger partial charge in [-0.15, -0.1) is 5.10 Å². The van der Waals surface area contributed by atoms with Crippen molar-refractivity contribution in [3.05, 3.63) is 36.0 Å². The lowest BCUT2D eigenvalue weighted by atomic mass is 10.3. The molecule has 0 spiro atoms. The highest BCUT2D eigenvalue weighted by Crippen LogP contribution is 2.18. The third-order valence-corrected chi connectivity index (χ3v) is 3.04. The lowest BCUT2D eigenvalue weighted by molar-refractivity contribution is 0.418. The van der Waals surface area contributed by atoms with Gasteiger partial charge < -0.3 is 14.6 Å². The summed E-state index contributed by atoms with van der Waals surface area (Å²) in [6.07, 6.45) is 1.79. The van der Waals surface area contributed by atoms with E-state index in [1.807, 2.05) is 36.9 Å². The number of pyridine rings is 1. The van der Waals surface area contributed by atoms with Crippen LogP contribution in [0.5, 0.6) is 0 Å². The minimum atomic E-state index is 0.0646. The minimum Gasteiger partial charge on any atom is -0.406 e. The molecule has 2 aromatic rings. The zero-order chi connectivity index (χ0) is 14.4. The molecule has 2 heterocycles. The smallest absolute Gasteiger partial charge is 0.318 e. The van der Waals surface area contributed by atoms with Gasteiger partial charge in [-0.2, -0.15) is 0 Å². The Morgan fingerprint density at radius 2 is 2.15 bits per heavy atom. The Kier molecular flexibility index (Phi) is 5.06. The van der Waals surface area contributed by atoms with Gasteiger partial charge in [-0.25, -0.2) is 0 Å². The van der Waals surface area contributed by atoms with E-state index in [2.05, 4.69) is 27.4 Å². The van der Waals surface area contributed by atoms with E-state index in [9.17, 15) is 0 Å². The molecule has 2 aromatic heterocycles. The second-order valence-electron chi connectivity index (χ2n) is 4.54. The highest BCUT2D eigenvalue weighted by molar-refractivity contribution is 5.25. The van der Waals surface area contributed by atoms with Gasteiger partial charge in [0.2, 0.25) is 5.89 Å². The topological polar surface area (TPSA) is 67.1 Å². The van der Waals surface area contributed by atoms with E-state index < -0.39 is 0 Å². The van der Waals surface area contributed by atoms with E-state index in [1.54, 1.807) is 6.20 Å². The Morgan fingerprint density at radius 1 is 1.30 bits per heavy atom. The van der Waals surface area contributed by atoms with Crippen molar-refractivity contribution >= 4 is 6.01 Å². The zero-order valence-corrected chi connectivity index (χ0v) is 12.2. The van der Waals surface area contributed by atoms with Crippen LogP contribution in [0.4, 0.5) is 6.01 Å². The molecular formula is C14H21N5O. The van der Waals surface area contributed by atoms with Crippen LogP contribution >= 0.6 is 0 Å². The SMILES string of the molecule is CCNC(C)c1nnc(N(CC)Cc2ccccn2)o1. The minimum absolute atomic E-state index is 0.0646. The average molecular weight is 275 g/mol. The van der Waals surface area contributed by atoms with Crippen molar-refractivity contribution in [2.24, 2.45) is 0 Å². The molecule has 1 N–H and O–H groups in total. The summed E-state index contributed by atoms with van der Waals surface area (Å²) in [5.41, 5.74) is 0.980. The van der Waals surface area contributed by atoms with Crippen LogP contribution in [0, 0.1) is 0 Å². The van der Waals surface area contributed by atoms with E-state index >= 15 is 0 Å². The van der Waals surface area contributed by atoms with E-state index in [1.165, 1.54) is 0 Å². The fourth-order valence-corrected chi connectivity index (χ4v) is 1.92. The maximum atomic E-state index is 5.74. The summed E-state index contributed by atoms with van der Waals surface area (Å²) in [4.78, 5) is 6.33. The molecule has 20 heavy (non-hydrogen) atoms. The molecule has 0 aliphatic carbocycles. The van der Waals surface area contributed by atoms with Crippen molar-refractivity contribution in [2.45, 2.75) is 33.4 Å². The predicted molar refractivity (Wildman–Crippen MR) is 77.4 cm³/mol. The van der Waals surface area contributed by atoms with E-state index in [0.29, 0.717) is 18.5 Å². The first-order valence-corrected chi connectivity index (χ1v) is 6.96. The van der Waals surface area contributed by atoms with Crippen LogP contribution in [-0.4, -0.2) is 28.3 Å². The molecule has 2 rings (SSSR count). The molecule has 108 valence electrons. The molecule has 0 fully saturated rings. The second-order valence-corrected chi connectivity index (χ2v) is 4.54. The van der Waals surface area contributed by atoms with Crippen molar-refractivity contribution in [1.29, 1.82) is 0 Å². The van der Waals surface area contributed by atoms with Crippen LogP contribution in [0.15, 0.2) is 28.8 Å². The van der Waals surface area contributed by atoms with Gasteiger partial charge in [-0.3, -0.25) is 4.98 Å². The summed E-state index contributed by atoms with van der Waals surface area (Å²) in [6, 6.07) is 6.47. The summed E-state index contributed by atoms with van der Waals surface area (Å²) in [5.74, 6) is 0.612. The monoisotopic (exact) mass is 275 g/mol. The normalized spacial score (nSPS) is 12.3. The lowest BCUT2D eigenvalue weighted by Crippen LogP contribution is -2.23. The average Bonchev–Trinajstić information content (AvgIpc) is 2.96. The Labute approximate surface area is 119 Å². The Hall–Kier alpha value is -1.95. The van der Waals surface area contributed by atoms with Gasteiger partial charge >= 0.3 is 6.01 Å². The first kappa shape index (κ1) is 14.5. The molecule has 0 radical (unpaired) electrons. The highest BCUT2D eigenvalue weighted by Gasteiger charge is 2.17. The number of hydrogen-bond acceptors (Lipinski definition) is 6. The van der Waals surface area contributed by atoms with Gasteiger partial charge in [0, 0.05) is 12.7 Å². The van der Waals surface area contributed by atoms with Crippen LogP contribution in [0.1, 0.15) is 38.4 Å². The summed E-state index contributed by atoms with van der Waals surface area (Å²) in [7, 11) is 0. The third-order valence-electron chi connectivity index (χ3n) is 3.04. The van der Waals surface area contributed by atoms with Crippen molar-refractivity contribution in [3.8, 4) is 0 Å². The Bertz CT molecular complexity index is 513. The van der Waals surface area contributed by atoms with E-state index in [4.69, 9.17) is 4.42 Å². The number of anilines is 1. The highest BCUT2D eigenvalue weighted by atomic mass is 16.4. The van der Waals surface area contributed by atoms with E-state index in [-0.39, 0.29) is 6.04 Å². The maximum absolute atomic E-state index is 5.74. The van der Waals surface area contributed by atoms with E-state index in [0.717, 1.165) is 18.8 Å². The van der Waals surface area contributed by atoms with Crippen LogP contribution in [0.2, 0.25) is 0 Å². The van der Waals surface area contributed by atoms with Crippen LogP contribution in [-0.2, 0) is 6.54 Å². The molecular weight excluding hydrogens is 254 g/mol. The molecule has 0 aliphatic rings. The first-order valence-electron chi connectivity index (χ1n) is 6.96. The van der Waals surface area contributed by atoms with Gasteiger partial charge in [0.15, 0.2) is 0 Å². The fourth-order valence-electron chi connectivity index (χ4n) is 1.92. The van der Waals surface area contributed by atoms with Crippen LogP contribution in [0.3, 0.4) is 0 Å². The Morgan fingerprint density at radius 3 is 2.80 bits per heavy atom. The van der Waals surface area contributed by atoms with Crippen LogP contribution < -0.4 is 10.2 Å². The fraction of sp³-hybridized carbons (Fsp3) is 0.500. The van der Waals surface area contributed by atoms with Gasteiger partial charge in [0.05, 0.1) is 18.3 Å². The second kappa shape index (κ2) is 7.00. The number of rotatable bonds is 7. The number of nitrogens with zero attached hydrogens (tertiary/aromatic N) is 4. The third kappa shape index (κ3) is 3.54. The molecule has 0 amide bonds. The van der Waals surface area contributed by atoms with Crippen molar-refractivity contribution in [3.63, 3.8) is 0 Å². The molecule has 1 atom stereocenters. The summed E-state index contributed by atoms with van der Waals surface area (Å²) >= 11 is 0. The molecule has 6 nitrogen and oxygen atoms in total. The molecule has 0 bridgehead atoms. The molecule has 0 saturated heterocycles. The van der Waals surface area contributed by atoms with Crippen molar-refractivity contribution in [1.82, 2.24) is 20.5 Å². The van der Waals surface area contributed by atoms with Crippen LogP contribution in [0.25, 0.3) is 0 Å². The van der Waals surface area contributed by atoms with Gasteiger partial charge in [0.25, 0.3) is 0 Å². The van der Waals surface area contributed by atoms with Gasteiger partial charge in [-0.1, -0.05) is 18.1 Å². The first-order chi connectivity index (χ1) is 9.74. The summed E-state index contributed by atoms with van der Waals surface area (Å²) in [5, 5.41) is 11.5. The largest absolute Gasteiger partial charge is 0.406 e. The Balaban J connectivity index is 2.08. The summed E-state index contributed by atoms with van der Waals surface area (Å²) in [6.45, 7) is 8.43. The molecule has 0 aliphatic heterocycles. The quantitative estimate of drug-likeness (QED) is 0.835. The van der Waals surface area contributed by atoms with Crippen molar-refractivity contribution < 1.29 is 4.42 Å². The molecule has 0 aromatic carbocycles. The molecule has 6 heteroatoms. The van der Waals surface area contributed by atoms with Crippen molar-refractivity contribution in [2.75, 3.05) is 18.0 Å². The number of aromatic nitrogens is 3. The van der Waals surface area contributed by atoms with Gasteiger partial charge in [0.1, 0.15) is 0 Å². The standard InChI is InChI=1S/C14H21N5O/c1-4-15-11(3)13-17-18-14(20-13)19(5-2)10-12-8-6-7-9-16-12/h6-9,11,15H,4-5,10H2,1-3H3. The molecule has 0 saturated carbocycles. The zero-order valence-electron chi connectivity index (χ0n) is 12.2. The maximum Gasteiger partial charge on any atom is 0.318 e. The lowest BCUT2D eigenvalue weighted by Gasteiger charge is -2.17. The summed E-state index contributed by atoms with van der Waals surface area (Å²) < 4.78 is 5.74. The predicted octanol–water partition coefficient (Wildman–Crippen LogP) is 2.16. The molecule has 1 unspecified atom stereocenters. The number of nitrogens with one attached hydrogen (secondary N) is 1. The number of hydrogen-bond donors (Lipinski definition) is 1. The van der Waals surface area contributed by atoms with Gasteiger partial charge in [-0.05, 0) is 32.5 Å².